The quantitative estimate of drug-likeness (QED) is 0.753. The molecular weight excluding hydrogens is 412 g/mol. The summed E-state index contributed by atoms with van der Waals surface area (Å²) in [6.45, 7) is 8.39. The number of amides is 1. The van der Waals surface area contributed by atoms with E-state index in [-0.39, 0.29) is 5.91 Å². The second kappa shape index (κ2) is 8.65. The molecule has 7 heteroatoms. The fraction of sp³-hybridized carbons (Fsp3) is 0.720. The van der Waals surface area contributed by atoms with Gasteiger partial charge in [-0.25, -0.2) is 8.78 Å². The Morgan fingerprint density at radius 3 is 2.66 bits per heavy atom. The van der Waals surface area contributed by atoms with E-state index in [4.69, 9.17) is 4.74 Å². The van der Waals surface area contributed by atoms with Crippen LogP contribution in [-0.4, -0.2) is 67.7 Å². The number of carbonyl (C=O) groups excluding carboxylic acids is 1. The normalized spacial score (nSPS) is 32.8. The molecule has 0 aromatic heterocycles. The Hall–Kier alpha value is -1.57. The first-order chi connectivity index (χ1) is 15.5. The third-order valence-electron chi connectivity index (χ3n) is 8.57. The minimum atomic E-state index is -0.752. The zero-order valence-electron chi connectivity index (χ0n) is 19.0. The predicted octanol–water partition coefficient (Wildman–Crippen LogP) is 3.28. The standard InChI is InChI=1S/C25H35F2N3O2/c1-2-29-10-6-18-15-20(30-11-13-32-14-12-30)5-7-24(18,17-29)23(31)28-25(8-9-25)21-16-19(26)3-4-22(21)27/h3-4,16,18,20H,2,5-15,17H2,1H3,(H,28,31)/t18-,20+,24-/m1/s1. The third-order valence-corrected chi connectivity index (χ3v) is 8.57. The van der Waals surface area contributed by atoms with Gasteiger partial charge in [-0.15, -0.1) is 0 Å². The van der Waals surface area contributed by atoms with Crippen molar-refractivity contribution < 1.29 is 18.3 Å². The number of nitrogens with one attached hydrogen (secondary N) is 1. The molecule has 0 bridgehead atoms. The monoisotopic (exact) mass is 447 g/mol. The molecule has 4 aliphatic rings. The molecule has 32 heavy (non-hydrogen) atoms. The van der Waals surface area contributed by atoms with Crippen LogP contribution in [0.5, 0.6) is 0 Å². The van der Waals surface area contributed by atoms with E-state index >= 15 is 0 Å². The Kier molecular flexibility index (Phi) is 6.01. The first-order valence-electron chi connectivity index (χ1n) is 12.3. The van der Waals surface area contributed by atoms with Gasteiger partial charge in [-0.2, -0.15) is 0 Å². The molecule has 1 aromatic rings. The second-order valence-corrected chi connectivity index (χ2v) is 10.2. The van der Waals surface area contributed by atoms with E-state index in [1.807, 2.05) is 0 Å². The van der Waals surface area contributed by atoms with Gasteiger partial charge in [0.2, 0.25) is 5.91 Å². The first kappa shape index (κ1) is 22.2. The minimum absolute atomic E-state index is 0.0437. The smallest absolute Gasteiger partial charge is 0.228 e. The molecule has 3 atom stereocenters. The molecule has 176 valence electrons. The Labute approximate surface area is 189 Å². The van der Waals surface area contributed by atoms with Gasteiger partial charge in [0.1, 0.15) is 11.6 Å². The summed E-state index contributed by atoms with van der Waals surface area (Å²) in [4.78, 5) is 18.9. The number of nitrogens with zero attached hydrogens (tertiary/aromatic N) is 2. The highest BCUT2D eigenvalue weighted by Crippen LogP contribution is 2.51. The molecule has 2 saturated heterocycles. The van der Waals surface area contributed by atoms with Crippen molar-refractivity contribution in [3.63, 3.8) is 0 Å². The lowest BCUT2D eigenvalue weighted by Gasteiger charge is -2.53. The van der Waals surface area contributed by atoms with Gasteiger partial charge in [-0.05, 0) is 75.7 Å². The number of morpholine rings is 1. The molecule has 2 aliphatic heterocycles. The highest BCUT2D eigenvalue weighted by atomic mass is 19.1. The summed E-state index contributed by atoms with van der Waals surface area (Å²) in [5.41, 5.74) is -0.905. The summed E-state index contributed by atoms with van der Waals surface area (Å²) in [5.74, 6) is -0.533. The van der Waals surface area contributed by atoms with Gasteiger partial charge in [-0.1, -0.05) is 6.92 Å². The van der Waals surface area contributed by atoms with Crippen LogP contribution in [0.4, 0.5) is 8.78 Å². The molecule has 0 spiro atoms. The van der Waals surface area contributed by atoms with Crippen molar-refractivity contribution in [3.8, 4) is 0 Å². The van der Waals surface area contributed by atoms with Gasteiger partial charge in [-0.3, -0.25) is 9.69 Å². The summed E-state index contributed by atoms with van der Waals surface area (Å²) in [6.07, 6.45) is 5.23. The molecule has 4 fully saturated rings. The van der Waals surface area contributed by atoms with Crippen LogP contribution >= 0.6 is 0 Å². The van der Waals surface area contributed by atoms with Crippen molar-refractivity contribution in [3.05, 3.63) is 35.4 Å². The topological polar surface area (TPSA) is 44.8 Å². The van der Waals surface area contributed by atoms with Crippen LogP contribution in [0.2, 0.25) is 0 Å². The Bertz CT molecular complexity index is 856. The van der Waals surface area contributed by atoms with Gasteiger partial charge >= 0.3 is 0 Å². The largest absolute Gasteiger partial charge is 0.379 e. The Balaban J connectivity index is 1.37. The molecule has 2 saturated carbocycles. The third kappa shape index (κ3) is 3.97. The lowest BCUT2D eigenvalue weighted by Crippen LogP contribution is -2.61. The fourth-order valence-corrected chi connectivity index (χ4v) is 6.43. The number of likely N-dealkylation sites (tertiary alicyclic amines) is 1. The Morgan fingerprint density at radius 1 is 1.16 bits per heavy atom. The predicted molar refractivity (Wildman–Crippen MR) is 118 cm³/mol. The SMILES string of the molecule is CCN1CC[C@@H]2C[C@@H](N3CCOCC3)CC[C@@]2(C(=O)NC2(c3cc(F)ccc3F)CC2)C1. The van der Waals surface area contributed by atoms with Crippen LogP contribution < -0.4 is 5.32 Å². The van der Waals surface area contributed by atoms with E-state index in [0.717, 1.165) is 77.7 Å². The number of benzene rings is 1. The average Bonchev–Trinajstić information content (AvgIpc) is 3.60. The molecule has 2 heterocycles. The van der Waals surface area contributed by atoms with Gasteiger partial charge in [0.05, 0.1) is 24.2 Å². The number of carbonyl (C=O) groups is 1. The van der Waals surface area contributed by atoms with Gasteiger partial charge < -0.3 is 15.0 Å². The van der Waals surface area contributed by atoms with Crippen LogP contribution in [0.1, 0.15) is 51.0 Å². The molecule has 5 nitrogen and oxygen atoms in total. The van der Waals surface area contributed by atoms with E-state index < -0.39 is 22.6 Å². The lowest BCUT2D eigenvalue weighted by atomic mass is 9.60. The van der Waals surface area contributed by atoms with Crippen molar-refractivity contribution in [1.29, 1.82) is 0 Å². The highest BCUT2D eigenvalue weighted by molar-refractivity contribution is 5.85. The molecule has 0 unspecified atom stereocenters. The van der Waals surface area contributed by atoms with Crippen LogP contribution in [0.25, 0.3) is 0 Å². The number of hydrogen-bond acceptors (Lipinski definition) is 4. The van der Waals surface area contributed by atoms with Gasteiger partial charge in [0.25, 0.3) is 0 Å². The van der Waals surface area contributed by atoms with Crippen molar-refractivity contribution in [2.45, 2.75) is 57.0 Å². The van der Waals surface area contributed by atoms with Crippen molar-refractivity contribution in [2.75, 3.05) is 45.9 Å². The van der Waals surface area contributed by atoms with E-state index in [2.05, 4.69) is 22.0 Å². The minimum Gasteiger partial charge on any atom is -0.379 e. The van der Waals surface area contributed by atoms with E-state index in [0.29, 0.717) is 30.4 Å². The van der Waals surface area contributed by atoms with E-state index in [1.165, 1.54) is 12.1 Å². The van der Waals surface area contributed by atoms with E-state index in [1.54, 1.807) is 0 Å². The summed E-state index contributed by atoms with van der Waals surface area (Å²) in [5, 5.41) is 3.24. The van der Waals surface area contributed by atoms with Crippen LogP contribution in [0, 0.1) is 23.0 Å². The first-order valence-corrected chi connectivity index (χ1v) is 12.3. The number of halogens is 2. The Morgan fingerprint density at radius 2 is 1.94 bits per heavy atom. The van der Waals surface area contributed by atoms with Gasteiger partial charge in [0, 0.05) is 31.2 Å². The molecular formula is C25H35F2N3O2. The zero-order chi connectivity index (χ0) is 22.3. The van der Waals surface area contributed by atoms with Crippen molar-refractivity contribution in [2.24, 2.45) is 11.3 Å². The van der Waals surface area contributed by atoms with Crippen LogP contribution in [0.3, 0.4) is 0 Å². The van der Waals surface area contributed by atoms with Gasteiger partial charge in [0.15, 0.2) is 0 Å². The molecule has 1 aromatic carbocycles. The number of rotatable bonds is 5. The molecule has 1 amide bonds. The molecule has 0 radical (unpaired) electrons. The highest BCUT2D eigenvalue weighted by Gasteiger charge is 2.56. The summed E-state index contributed by atoms with van der Waals surface area (Å²) in [6, 6.07) is 4.07. The molecule has 1 N–H and O–H groups in total. The maximum Gasteiger partial charge on any atom is 0.228 e. The average molecular weight is 448 g/mol. The van der Waals surface area contributed by atoms with E-state index in [9.17, 15) is 13.6 Å². The number of hydrogen-bond donors (Lipinski definition) is 1. The van der Waals surface area contributed by atoms with Crippen LogP contribution in [0.15, 0.2) is 18.2 Å². The lowest BCUT2D eigenvalue weighted by molar-refractivity contribution is -0.146. The zero-order valence-corrected chi connectivity index (χ0v) is 19.0. The number of piperidine rings is 1. The molecule has 2 aliphatic carbocycles. The van der Waals surface area contributed by atoms with Crippen molar-refractivity contribution >= 4 is 5.91 Å². The second-order valence-electron chi connectivity index (χ2n) is 10.2. The number of ether oxygens (including phenoxy) is 1. The maximum absolute atomic E-state index is 14.6. The van der Waals surface area contributed by atoms with Crippen LogP contribution in [-0.2, 0) is 15.1 Å². The summed E-state index contributed by atoms with van der Waals surface area (Å²) in [7, 11) is 0. The number of fused-ring (bicyclic) bond motifs is 1. The summed E-state index contributed by atoms with van der Waals surface area (Å²) >= 11 is 0. The van der Waals surface area contributed by atoms with Crippen molar-refractivity contribution in [1.82, 2.24) is 15.1 Å². The fourth-order valence-electron chi connectivity index (χ4n) is 6.43. The summed E-state index contributed by atoms with van der Waals surface area (Å²) < 4.78 is 34.0. The molecule has 5 rings (SSSR count). The maximum atomic E-state index is 14.6.